The highest BCUT2D eigenvalue weighted by molar-refractivity contribution is 6.10. The van der Waals surface area contributed by atoms with E-state index in [1.54, 1.807) is 6.92 Å². The molecular formula is C21H17F2N3O2. The average molecular weight is 381 g/mol. The Kier molecular flexibility index (Phi) is 4.97. The minimum Gasteiger partial charge on any atom is -0.336 e. The molecule has 2 amide bonds. The number of rotatable bonds is 3. The predicted octanol–water partition coefficient (Wildman–Crippen LogP) is 2.81. The predicted molar refractivity (Wildman–Crippen MR) is 98.5 cm³/mol. The lowest BCUT2D eigenvalue weighted by Crippen LogP contribution is -2.64. The van der Waals surface area contributed by atoms with Gasteiger partial charge in [0.25, 0.3) is 5.91 Å². The van der Waals surface area contributed by atoms with E-state index in [4.69, 9.17) is 0 Å². The van der Waals surface area contributed by atoms with E-state index >= 15 is 0 Å². The highest BCUT2D eigenvalue weighted by Crippen LogP contribution is 2.27. The maximum atomic E-state index is 14.3. The van der Waals surface area contributed by atoms with Gasteiger partial charge in [0.15, 0.2) is 0 Å². The highest BCUT2D eigenvalue weighted by atomic mass is 19.1. The van der Waals surface area contributed by atoms with Crippen molar-refractivity contribution >= 4 is 17.4 Å². The number of nitrogens with one attached hydrogen (secondary N) is 2. The van der Waals surface area contributed by atoms with Crippen molar-refractivity contribution in [3.05, 3.63) is 76.5 Å². The molecule has 5 nitrogen and oxygen atoms in total. The Morgan fingerprint density at radius 3 is 2.46 bits per heavy atom. The first-order valence-electron chi connectivity index (χ1n) is 8.53. The van der Waals surface area contributed by atoms with Crippen molar-refractivity contribution in [1.29, 1.82) is 5.26 Å². The molecule has 3 rings (SSSR count). The molecule has 1 saturated heterocycles. The first kappa shape index (κ1) is 19.2. The molecule has 1 aliphatic rings. The Morgan fingerprint density at radius 2 is 1.82 bits per heavy atom. The smallest absolute Gasteiger partial charge is 0.268 e. The van der Waals surface area contributed by atoms with Gasteiger partial charge >= 0.3 is 0 Å². The largest absolute Gasteiger partial charge is 0.336 e. The van der Waals surface area contributed by atoms with Gasteiger partial charge in [-0.05, 0) is 49.2 Å². The van der Waals surface area contributed by atoms with Crippen LogP contribution >= 0.6 is 0 Å². The summed E-state index contributed by atoms with van der Waals surface area (Å²) in [5, 5.41) is 14.4. The summed E-state index contributed by atoms with van der Waals surface area (Å²) in [5.41, 5.74) is -0.507. The van der Waals surface area contributed by atoms with Gasteiger partial charge in [0.1, 0.15) is 22.9 Å². The van der Waals surface area contributed by atoms with Gasteiger partial charge in [0.2, 0.25) is 5.91 Å². The number of hydrogen-bond acceptors (Lipinski definition) is 3. The van der Waals surface area contributed by atoms with E-state index in [1.165, 1.54) is 49.4 Å². The van der Waals surface area contributed by atoms with E-state index in [2.05, 4.69) is 10.6 Å². The van der Waals surface area contributed by atoms with Gasteiger partial charge < -0.3 is 10.6 Å². The fourth-order valence-corrected chi connectivity index (χ4v) is 3.20. The third-order valence-corrected chi connectivity index (χ3v) is 4.71. The van der Waals surface area contributed by atoms with Crippen LogP contribution in [0.5, 0.6) is 0 Å². The zero-order valence-electron chi connectivity index (χ0n) is 15.3. The minimum atomic E-state index is -1.26. The molecule has 7 heteroatoms. The molecule has 1 aliphatic heterocycles. The third-order valence-electron chi connectivity index (χ3n) is 4.71. The molecule has 142 valence electrons. The van der Waals surface area contributed by atoms with Crippen LogP contribution in [0, 0.1) is 23.0 Å². The van der Waals surface area contributed by atoms with E-state index in [9.17, 15) is 23.6 Å². The summed E-state index contributed by atoms with van der Waals surface area (Å²) < 4.78 is 27.4. The molecule has 0 spiro atoms. The normalized spacial score (nSPS) is 20.8. The van der Waals surface area contributed by atoms with Gasteiger partial charge in [-0.25, -0.2) is 8.78 Å². The molecule has 0 radical (unpaired) electrons. The summed E-state index contributed by atoms with van der Waals surface area (Å²) >= 11 is 0. The van der Waals surface area contributed by atoms with E-state index in [1.807, 2.05) is 6.07 Å². The molecule has 1 unspecified atom stereocenters. The lowest BCUT2D eigenvalue weighted by Gasteiger charge is -2.35. The van der Waals surface area contributed by atoms with Gasteiger partial charge in [0, 0.05) is 12.0 Å². The maximum Gasteiger partial charge on any atom is 0.268 e. The lowest BCUT2D eigenvalue weighted by atomic mass is 9.88. The topological polar surface area (TPSA) is 82.0 Å². The SMILES string of the molecule is CC(=C1NC(=O)C(C)(Cc2ccc(F)cc2)NC1=O)c1c(F)cccc1C#N. The van der Waals surface area contributed by atoms with Gasteiger partial charge in [-0.1, -0.05) is 18.2 Å². The second-order valence-corrected chi connectivity index (χ2v) is 6.82. The summed E-state index contributed by atoms with van der Waals surface area (Å²) in [7, 11) is 0. The van der Waals surface area contributed by atoms with Gasteiger partial charge in [-0.3, -0.25) is 9.59 Å². The van der Waals surface area contributed by atoms with E-state index < -0.39 is 29.0 Å². The fourth-order valence-electron chi connectivity index (χ4n) is 3.20. The molecule has 2 aromatic rings. The second kappa shape index (κ2) is 7.24. The van der Waals surface area contributed by atoms with Gasteiger partial charge in [-0.15, -0.1) is 0 Å². The van der Waals surface area contributed by atoms with Crippen molar-refractivity contribution in [3.63, 3.8) is 0 Å². The zero-order chi connectivity index (χ0) is 20.5. The Bertz CT molecular complexity index is 1040. The highest BCUT2D eigenvalue weighted by Gasteiger charge is 2.41. The lowest BCUT2D eigenvalue weighted by molar-refractivity contribution is -0.135. The summed E-state index contributed by atoms with van der Waals surface area (Å²) in [6, 6.07) is 11.5. The van der Waals surface area contributed by atoms with Gasteiger partial charge in [0.05, 0.1) is 11.6 Å². The van der Waals surface area contributed by atoms with Crippen LogP contribution in [0.25, 0.3) is 5.57 Å². The number of carbonyl (C=O) groups is 2. The number of amides is 2. The van der Waals surface area contributed by atoms with Crippen LogP contribution in [0.1, 0.15) is 30.5 Å². The molecule has 28 heavy (non-hydrogen) atoms. The minimum absolute atomic E-state index is 0.0300. The first-order valence-corrected chi connectivity index (χ1v) is 8.53. The number of nitriles is 1. The third kappa shape index (κ3) is 3.49. The molecule has 2 aromatic carbocycles. The molecule has 1 heterocycles. The molecule has 1 fully saturated rings. The number of carbonyl (C=O) groups excluding carboxylic acids is 2. The molecule has 0 saturated carbocycles. The van der Waals surface area contributed by atoms with Crippen LogP contribution in [0.3, 0.4) is 0 Å². The Balaban J connectivity index is 1.94. The van der Waals surface area contributed by atoms with Crippen LogP contribution in [-0.2, 0) is 16.0 Å². The maximum absolute atomic E-state index is 14.3. The Hall–Kier alpha value is -3.53. The number of halogens is 2. The van der Waals surface area contributed by atoms with Crippen molar-refractivity contribution < 1.29 is 18.4 Å². The van der Waals surface area contributed by atoms with Crippen molar-refractivity contribution in [3.8, 4) is 6.07 Å². The quantitative estimate of drug-likeness (QED) is 0.802. The van der Waals surface area contributed by atoms with Gasteiger partial charge in [-0.2, -0.15) is 5.26 Å². The monoisotopic (exact) mass is 381 g/mol. The Morgan fingerprint density at radius 1 is 1.14 bits per heavy atom. The number of hydrogen-bond donors (Lipinski definition) is 2. The summed E-state index contributed by atoms with van der Waals surface area (Å²) in [4.78, 5) is 25.4. The standard InChI is InChI=1S/C21H17F2N3O2/c1-12(17-14(11-24)4-3-5-16(17)23)18-19(27)26-21(2,20(28)25-18)10-13-6-8-15(22)9-7-13/h3-9H,10H2,1-2H3,(H,25,28)(H,26,27). The van der Waals surface area contributed by atoms with E-state index in [0.29, 0.717) is 5.56 Å². The van der Waals surface area contributed by atoms with Crippen LogP contribution < -0.4 is 10.6 Å². The van der Waals surface area contributed by atoms with Crippen LogP contribution in [0.4, 0.5) is 8.78 Å². The van der Waals surface area contributed by atoms with Crippen molar-refractivity contribution in [2.75, 3.05) is 0 Å². The first-order chi connectivity index (χ1) is 13.2. The second-order valence-electron chi connectivity index (χ2n) is 6.82. The Labute approximate surface area is 160 Å². The van der Waals surface area contributed by atoms with E-state index in [-0.39, 0.29) is 28.8 Å². The van der Waals surface area contributed by atoms with Crippen molar-refractivity contribution in [2.45, 2.75) is 25.8 Å². The van der Waals surface area contributed by atoms with Crippen LogP contribution in [0.2, 0.25) is 0 Å². The molecule has 2 N–H and O–H groups in total. The molecule has 0 bridgehead atoms. The number of nitrogens with zero attached hydrogens (tertiary/aromatic N) is 1. The molecular weight excluding hydrogens is 364 g/mol. The fraction of sp³-hybridized carbons (Fsp3) is 0.190. The van der Waals surface area contributed by atoms with E-state index in [0.717, 1.165) is 0 Å². The molecule has 1 atom stereocenters. The summed E-state index contributed by atoms with van der Waals surface area (Å²) in [6.07, 6.45) is 0.153. The number of piperazine rings is 1. The zero-order valence-corrected chi connectivity index (χ0v) is 15.3. The molecule has 0 aliphatic carbocycles. The average Bonchev–Trinajstić information content (AvgIpc) is 2.65. The van der Waals surface area contributed by atoms with Crippen LogP contribution in [0.15, 0.2) is 48.2 Å². The molecule has 0 aromatic heterocycles. The van der Waals surface area contributed by atoms with Crippen molar-refractivity contribution in [1.82, 2.24) is 10.6 Å². The number of benzene rings is 2. The van der Waals surface area contributed by atoms with Crippen molar-refractivity contribution in [2.24, 2.45) is 0 Å². The van der Waals surface area contributed by atoms with Crippen LogP contribution in [-0.4, -0.2) is 17.4 Å². The summed E-state index contributed by atoms with van der Waals surface area (Å²) in [5.74, 6) is -2.13. The number of allylic oxidation sites excluding steroid dienone is 1. The summed E-state index contributed by atoms with van der Waals surface area (Å²) in [6.45, 7) is 3.02.